The summed E-state index contributed by atoms with van der Waals surface area (Å²) in [7, 11) is 0. The number of amides is 1. The Kier molecular flexibility index (Phi) is 4.01. The molecule has 1 atom stereocenters. The molecule has 22 heavy (non-hydrogen) atoms. The summed E-state index contributed by atoms with van der Waals surface area (Å²) in [6.07, 6.45) is 1.31. The van der Waals surface area contributed by atoms with Gasteiger partial charge in [0, 0.05) is 18.5 Å². The molecule has 1 fully saturated rings. The Morgan fingerprint density at radius 1 is 1.41 bits per heavy atom. The van der Waals surface area contributed by atoms with Gasteiger partial charge in [0.2, 0.25) is 0 Å². The van der Waals surface area contributed by atoms with Gasteiger partial charge in [0.05, 0.1) is 10.3 Å². The maximum absolute atomic E-state index is 12.6. The lowest BCUT2D eigenvalue weighted by atomic mass is 9.82. The number of hydrogen-bond acceptors (Lipinski definition) is 5. The number of nitrogens with zero attached hydrogens (tertiary/aromatic N) is 2. The third-order valence-electron chi connectivity index (χ3n) is 3.96. The van der Waals surface area contributed by atoms with Gasteiger partial charge in [-0.25, -0.2) is 4.98 Å². The summed E-state index contributed by atoms with van der Waals surface area (Å²) in [6.45, 7) is 2.54. The zero-order chi connectivity index (χ0) is 15.7. The van der Waals surface area contributed by atoms with E-state index >= 15 is 0 Å². The number of carboxylic acid groups (broad SMARTS) is 1. The fraction of sp³-hybridized carbons (Fsp3) is 0.400. The molecule has 2 aromatic rings. The van der Waals surface area contributed by atoms with Crippen molar-refractivity contribution in [1.82, 2.24) is 9.88 Å². The largest absolute Gasteiger partial charge is 0.481 e. The van der Waals surface area contributed by atoms with Crippen LogP contribution in [0.2, 0.25) is 0 Å². The summed E-state index contributed by atoms with van der Waals surface area (Å²) in [4.78, 5) is 31.0. The molecule has 0 radical (unpaired) electrons. The second-order valence-corrected chi connectivity index (χ2v) is 7.52. The Morgan fingerprint density at radius 3 is 2.91 bits per heavy atom. The van der Waals surface area contributed by atoms with Crippen molar-refractivity contribution in [2.24, 2.45) is 5.41 Å². The Morgan fingerprint density at radius 2 is 2.23 bits per heavy atom. The molecule has 1 unspecified atom stereocenters. The second-order valence-electron chi connectivity index (χ2n) is 5.71. The first-order chi connectivity index (χ1) is 10.5. The van der Waals surface area contributed by atoms with E-state index in [-0.39, 0.29) is 12.5 Å². The average Bonchev–Trinajstić information content (AvgIpc) is 3.17. The second kappa shape index (κ2) is 5.81. The SMILES string of the molecule is CC1(C(=O)O)CCCN(C(=O)c2csc(-c3cccs3)n2)C1. The molecule has 1 aliphatic heterocycles. The summed E-state index contributed by atoms with van der Waals surface area (Å²) in [5.74, 6) is -1.02. The van der Waals surface area contributed by atoms with Crippen molar-refractivity contribution in [3.05, 3.63) is 28.6 Å². The van der Waals surface area contributed by atoms with E-state index in [1.807, 2.05) is 17.5 Å². The molecule has 0 bridgehead atoms. The molecule has 1 amide bonds. The summed E-state index contributed by atoms with van der Waals surface area (Å²) in [6, 6.07) is 3.92. The smallest absolute Gasteiger partial charge is 0.311 e. The molecule has 0 spiro atoms. The van der Waals surface area contributed by atoms with Gasteiger partial charge in [0.1, 0.15) is 10.7 Å². The van der Waals surface area contributed by atoms with E-state index in [0.29, 0.717) is 25.1 Å². The van der Waals surface area contributed by atoms with Crippen molar-refractivity contribution < 1.29 is 14.7 Å². The van der Waals surface area contributed by atoms with Crippen molar-refractivity contribution in [3.63, 3.8) is 0 Å². The van der Waals surface area contributed by atoms with E-state index in [4.69, 9.17) is 0 Å². The molecule has 1 N–H and O–H groups in total. The van der Waals surface area contributed by atoms with Crippen LogP contribution in [0.1, 0.15) is 30.3 Å². The Balaban J connectivity index is 1.78. The summed E-state index contributed by atoms with van der Waals surface area (Å²) in [5.41, 5.74) is -0.455. The molecular weight excluding hydrogens is 320 g/mol. The zero-order valence-electron chi connectivity index (χ0n) is 12.1. The van der Waals surface area contributed by atoms with E-state index in [2.05, 4.69) is 4.98 Å². The lowest BCUT2D eigenvalue weighted by Gasteiger charge is -2.37. The van der Waals surface area contributed by atoms with Gasteiger partial charge in [0.15, 0.2) is 0 Å². The Hall–Kier alpha value is -1.73. The highest BCUT2D eigenvalue weighted by molar-refractivity contribution is 7.20. The normalized spacial score (nSPS) is 21.8. The molecule has 116 valence electrons. The molecule has 0 saturated carbocycles. The lowest BCUT2D eigenvalue weighted by molar-refractivity contribution is -0.150. The van der Waals surface area contributed by atoms with Gasteiger partial charge >= 0.3 is 5.97 Å². The quantitative estimate of drug-likeness (QED) is 0.934. The number of thiophene rings is 1. The van der Waals surface area contributed by atoms with Crippen molar-refractivity contribution in [2.75, 3.05) is 13.1 Å². The summed E-state index contributed by atoms with van der Waals surface area (Å²) >= 11 is 3.03. The van der Waals surface area contributed by atoms with Crippen LogP contribution >= 0.6 is 22.7 Å². The highest BCUT2D eigenvalue weighted by Crippen LogP contribution is 2.32. The summed E-state index contributed by atoms with van der Waals surface area (Å²) in [5, 5.41) is 13.9. The number of carbonyl (C=O) groups is 2. The number of piperidine rings is 1. The topological polar surface area (TPSA) is 70.5 Å². The van der Waals surface area contributed by atoms with Crippen LogP contribution in [0.4, 0.5) is 0 Å². The minimum absolute atomic E-state index is 0.175. The monoisotopic (exact) mass is 336 g/mol. The van der Waals surface area contributed by atoms with Gasteiger partial charge in [-0.3, -0.25) is 9.59 Å². The molecule has 2 aromatic heterocycles. The van der Waals surface area contributed by atoms with E-state index in [0.717, 1.165) is 9.88 Å². The van der Waals surface area contributed by atoms with Crippen LogP contribution in [0.15, 0.2) is 22.9 Å². The highest BCUT2D eigenvalue weighted by atomic mass is 32.1. The predicted molar refractivity (Wildman–Crippen MR) is 86.3 cm³/mol. The van der Waals surface area contributed by atoms with Crippen LogP contribution in [-0.2, 0) is 4.79 Å². The van der Waals surface area contributed by atoms with Crippen molar-refractivity contribution >= 4 is 34.6 Å². The van der Waals surface area contributed by atoms with E-state index < -0.39 is 11.4 Å². The first-order valence-corrected chi connectivity index (χ1v) is 8.78. The van der Waals surface area contributed by atoms with E-state index in [9.17, 15) is 14.7 Å². The standard InChI is InChI=1S/C15H16N2O3S2/c1-15(14(19)20)5-3-6-17(9-15)13(18)10-8-22-12(16-10)11-4-2-7-21-11/h2,4,7-8H,3,5-6,9H2,1H3,(H,19,20). The molecule has 5 nitrogen and oxygen atoms in total. The number of aliphatic carboxylic acids is 1. The fourth-order valence-corrected chi connectivity index (χ4v) is 4.24. The van der Waals surface area contributed by atoms with Gasteiger partial charge in [-0.05, 0) is 31.2 Å². The molecule has 0 aliphatic carbocycles. The molecule has 7 heteroatoms. The molecule has 1 saturated heterocycles. The maximum atomic E-state index is 12.6. The third kappa shape index (κ3) is 2.78. The zero-order valence-corrected chi connectivity index (χ0v) is 13.7. The fourth-order valence-electron chi connectivity index (χ4n) is 2.63. The van der Waals surface area contributed by atoms with Crippen LogP contribution in [0.25, 0.3) is 9.88 Å². The first kappa shape index (κ1) is 15.2. The molecule has 0 aromatic carbocycles. The minimum Gasteiger partial charge on any atom is -0.481 e. The summed E-state index contributed by atoms with van der Waals surface area (Å²) < 4.78 is 0. The Bertz CT molecular complexity index is 695. The number of hydrogen-bond donors (Lipinski definition) is 1. The highest BCUT2D eigenvalue weighted by Gasteiger charge is 2.39. The van der Waals surface area contributed by atoms with Gasteiger partial charge in [-0.2, -0.15) is 0 Å². The van der Waals surface area contributed by atoms with Gasteiger partial charge in [-0.15, -0.1) is 22.7 Å². The minimum atomic E-state index is -0.861. The number of carboxylic acids is 1. The number of rotatable bonds is 3. The van der Waals surface area contributed by atoms with Crippen molar-refractivity contribution in [3.8, 4) is 9.88 Å². The number of likely N-dealkylation sites (tertiary alicyclic amines) is 1. The number of thiazole rings is 1. The predicted octanol–water partition coefficient (Wildman–Crippen LogP) is 3.20. The molecular formula is C15H16N2O3S2. The number of carbonyl (C=O) groups excluding carboxylic acids is 1. The average molecular weight is 336 g/mol. The Labute approximate surface area is 136 Å². The van der Waals surface area contributed by atoms with E-state index in [1.54, 1.807) is 28.5 Å². The maximum Gasteiger partial charge on any atom is 0.311 e. The van der Waals surface area contributed by atoms with Crippen molar-refractivity contribution in [2.45, 2.75) is 19.8 Å². The molecule has 3 heterocycles. The van der Waals surface area contributed by atoms with E-state index in [1.165, 1.54) is 11.3 Å². The van der Waals surface area contributed by atoms with Crippen LogP contribution in [0.5, 0.6) is 0 Å². The first-order valence-electron chi connectivity index (χ1n) is 7.02. The lowest BCUT2D eigenvalue weighted by Crippen LogP contribution is -2.48. The van der Waals surface area contributed by atoms with Gasteiger partial charge in [-0.1, -0.05) is 6.07 Å². The van der Waals surface area contributed by atoms with Crippen molar-refractivity contribution in [1.29, 1.82) is 0 Å². The van der Waals surface area contributed by atoms with Crippen LogP contribution < -0.4 is 0 Å². The van der Waals surface area contributed by atoms with Crippen LogP contribution in [-0.4, -0.2) is 40.0 Å². The van der Waals surface area contributed by atoms with Crippen LogP contribution in [0, 0.1) is 5.41 Å². The number of aromatic nitrogens is 1. The third-order valence-corrected chi connectivity index (χ3v) is 5.84. The molecule has 3 rings (SSSR count). The molecule has 1 aliphatic rings. The van der Waals surface area contributed by atoms with Gasteiger partial charge in [0.25, 0.3) is 5.91 Å². The van der Waals surface area contributed by atoms with Crippen LogP contribution in [0.3, 0.4) is 0 Å². The van der Waals surface area contributed by atoms with Gasteiger partial charge < -0.3 is 10.0 Å².